The first-order valence-corrected chi connectivity index (χ1v) is 11.7. The summed E-state index contributed by atoms with van der Waals surface area (Å²) in [4.78, 5) is 47.1. The van der Waals surface area contributed by atoms with Crippen LogP contribution in [-0.2, 0) is 6.54 Å². The molecule has 0 fully saturated rings. The molecule has 5 aromatic rings. The van der Waals surface area contributed by atoms with Crippen molar-refractivity contribution in [3.8, 4) is 5.75 Å². The number of imidazole rings is 1. The number of pyridine rings is 2. The number of fused-ring (bicyclic) bond motifs is 1. The summed E-state index contributed by atoms with van der Waals surface area (Å²) in [5.41, 5.74) is 0.476. The average molecular weight is 535 g/mol. The van der Waals surface area contributed by atoms with E-state index in [2.05, 4.69) is 20.3 Å². The number of H-pyrrole nitrogens is 2. The zero-order chi connectivity index (χ0) is 27.5. The molecule has 0 radical (unpaired) electrons. The van der Waals surface area contributed by atoms with E-state index < -0.39 is 35.0 Å². The topological polar surface area (TPSA) is 122 Å². The lowest BCUT2D eigenvalue weighted by Crippen LogP contribution is -2.37. The van der Waals surface area contributed by atoms with Gasteiger partial charge in [0.15, 0.2) is 17.5 Å². The number of hydrogen-bond acceptors (Lipinski definition) is 5. The summed E-state index contributed by atoms with van der Waals surface area (Å²) in [6.45, 7) is -0.320. The van der Waals surface area contributed by atoms with Crippen molar-refractivity contribution in [2.45, 2.75) is 12.6 Å². The van der Waals surface area contributed by atoms with Crippen molar-refractivity contribution >= 4 is 16.9 Å². The third-order valence-electron chi connectivity index (χ3n) is 5.96. The van der Waals surface area contributed by atoms with Crippen molar-refractivity contribution < 1.29 is 22.7 Å². The van der Waals surface area contributed by atoms with Crippen LogP contribution < -0.4 is 21.3 Å². The number of nitrogens with zero attached hydrogens (tertiary/aromatic N) is 2. The van der Waals surface area contributed by atoms with Crippen LogP contribution in [0.15, 0.2) is 82.8 Å². The van der Waals surface area contributed by atoms with Gasteiger partial charge >= 0.3 is 5.69 Å². The Labute approximate surface area is 217 Å². The van der Waals surface area contributed by atoms with Crippen LogP contribution in [0.3, 0.4) is 0 Å². The number of carbonyl (C=O) groups is 1. The fourth-order valence-electron chi connectivity index (χ4n) is 4.05. The monoisotopic (exact) mass is 535 g/mol. The van der Waals surface area contributed by atoms with Crippen molar-refractivity contribution in [1.82, 2.24) is 24.8 Å². The van der Waals surface area contributed by atoms with E-state index in [1.807, 2.05) is 0 Å². The Morgan fingerprint density at radius 3 is 2.51 bits per heavy atom. The van der Waals surface area contributed by atoms with Gasteiger partial charge in [-0.15, -0.1) is 0 Å². The van der Waals surface area contributed by atoms with Crippen LogP contribution in [-0.4, -0.2) is 32.0 Å². The van der Waals surface area contributed by atoms with Gasteiger partial charge in [-0.2, -0.15) is 0 Å². The summed E-state index contributed by atoms with van der Waals surface area (Å²) < 4.78 is 47.5. The second kappa shape index (κ2) is 10.7. The third kappa shape index (κ3) is 5.59. The number of rotatable bonds is 8. The first-order valence-electron chi connectivity index (χ1n) is 11.7. The molecule has 39 heavy (non-hydrogen) atoms. The molecule has 3 N–H and O–H groups in total. The molecule has 0 saturated heterocycles. The van der Waals surface area contributed by atoms with Crippen LogP contribution in [0.5, 0.6) is 5.75 Å². The first-order chi connectivity index (χ1) is 18.8. The van der Waals surface area contributed by atoms with E-state index in [4.69, 9.17) is 4.74 Å². The minimum absolute atomic E-state index is 0.00781. The van der Waals surface area contributed by atoms with E-state index in [0.717, 1.165) is 16.7 Å². The SMILES string of the molecule is O=C(NC(COc1ccc2[nH]c(=O)[nH]c2c1)c1cccnc1)c1cccn(Cc2cc(F)c(F)c(F)c2)c1=O. The minimum Gasteiger partial charge on any atom is -0.491 e. The predicted molar refractivity (Wildman–Crippen MR) is 135 cm³/mol. The van der Waals surface area contributed by atoms with Gasteiger partial charge in [0.1, 0.15) is 17.9 Å². The van der Waals surface area contributed by atoms with Crippen molar-refractivity contribution in [1.29, 1.82) is 0 Å². The van der Waals surface area contributed by atoms with Gasteiger partial charge in [-0.3, -0.25) is 14.6 Å². The summed E-state index contributed by atoms with van der Waals surface area (Å²) in [7, 11) is 0. The number of halogens is 3. The number of aromatic amines is 2. The second-order valence-electron chi connectivity index (χ2n) is 8.64. The standard InChI is InChI=1S/C27H20F3N5O4/c28-19-9-15(10-20(29)24(19)30)13-35-8-2-4-18(26(35)37)25(36)32-23(16-3-1-7-31-12-16)14-39-17-5-6-21-22(11-17)34-27(38)33-21/h1-12,23H,13-14H2,(H,32,36)(H2,33,34,38). The lowest BCUT2D eigenvalue weighted by atomic mass is 10.1. The Morgan fingerprint density at radius 1 is 1.00 bits per heavy atom. The van der Waals surface area contributed by atoms with E-state index in [9.17, 15) is 27.6 Å². The quantitative estimate of drug-likeness (QED) is 0.263. The van der Waals surface area contributed by atoms with Gasteiger partial charge in [-0.25, -0.2) is 18.0 Å². The van der Waals surface area contributed by atoms with E-state index in [0.29, 0.717) is 22.3 Å². The Hall–Kier alpha value is -5.13. The number of nitrogens with one attached hydrogen (secondary N) is 3. The molecular formula is C27H20F3N5O4. The first kappa shape index (κ1) is 25.5. The molecule has 0 aliphatic heterocycles. The Kier molecular flexibility index (Phi) is 7.00. The summed E-state index contributed by atoms with van der Waals surface area (Å²) in [6.07, 6.45) is 4.46. The van der Waals surface area contributed by atoms with Crippen LogP contribution in [0.25, 0.3) is 11.0 Å². The van der Waals surface area contributed by atoms with Gasteiger partial charge in [0.25, 0.3) is 11.5 Å². The molecule has 9 nitrogen and oxygen atoms in total. The highest BCUT2D eigenvalue weighted by atomic mass is 19.2. The molecule has 0 spiro atoms. The second-order valence-corrected chi connectivity index (χ2v) is 8.64. The molecule has 3 heterocycles. The molecule has 3 aromatic heterocycles. The minimum atomic E-state index is -1.61. The Bertz CT molecular complexity index is 1760. The lowest BCUT2D eigenvalue weighted by Gasteiger charge is -2.20. The van der Waals surface area contributed by atoms with E-state index in [-0.39, 0.29) is 30.0 Å². The molecule has 5 rings (SSSR count). The molecule has 0 saturated carbocycles. The maximum absolute atomic E-state index is 13.6. The zero-order valence-electron chi connectivity index (χ0n) is 20.1. The average Bonchev–Trinajstić information content (AvgIpc) is 3.30. The van der Waals surface area contributed by atoms with Crippen LogP contribution >= 0.6 is 0 Å². The Morgan fingerprint density at radius 2 is 1.77 bits per heavy atom. The molecule has 1 atom stereocenters. The summed E-state index contributed by atoms with van der Waals surface area (Å²) in [5.74, 6) is -4.65. The predicted octanol–water partition coefficient (Wildman–Crippen LogP) is 3.43. The number of benzene rings is 2. The fourth-order valence-corrected chi connectivity index (χ4v) is 4.05. The lowest BCUT2D eigenvalue weighted by molar-refractivity contribution is 0.0919. The van der Waals surface area contributed by atoms with Gasteiger partial charge in [-0.1, -0.05) is 6.07 Å². The number of hydrogen-bond donors (Lipinski definition) is 3. The smallest absolute Gasteiger partial charge is 0.323 e. The molecule has 12 heteroatoms. The van der Waals surface area contributed by atoms with Gasteiger partial charge in [0.05, 0.1) is 23.6 Å². The summed E-state index contributed by atoms with van der Waals surface area (Å²) in [6, 6.07) is 12.0. The van der Waals surface area contributed by atoms with Gasteiger partial charge < -0.3 is 24.6 Å². The van der Waals surface area contributed by atoms with Crippen LogP contribution in [0, 0.1) is 17.5 Å². The van der Waals surface area contributed by atoms with Crippen molar-refractivity contribution in [3.05, 3.63) is 128 Å². The molecule has 198 valence electrons. The molecular weight excluding hydrogens is 515 g/mol. The molecule has 1 unspecified atom stereocenters. The number of ether oxygens (including phenoxy) is 1. The number of aromatic nitrogens is 4. The van der Waals surface area contributed by atoms with E-state index in [1.165, 1.54) is 18.3 Å². The molecule has 1 amide bonds. The molecule has 0 aliphatic rings. The summed E-state index contributed by atoms with van der Waals surface area (Å²) in [5, 5.41) is 2.77. The highest BCUT2D eigenvalue weighted by Crippen LogP contribution is 2.20. The highest BCUT2D eigenvalue weighted by molar-refractivity contribution is 5.94. The van der Waals surface area contributed by atoms with Gasteiger partial charge in [-0.05, 0) is 53.6 Å². The molecule has 0 bridgehead atoms. The molecule has 0 aliphatic carbocycles. The maximum atomic E-state index is 13.6. The van der Waals surface area contributed by atoms with Crippen molar-refractivity contribution in [2.24, 2.45) is 0 Å². The van der Waals surface area contributed by atoms with Crippen LogP contribution in [0.1, 0.15) is 27.5 Å². The third-order valence-corrected chi connectivity index (χ3v) is 5.96. The van der Waals surface area contributed by atoms with Gasteiger partial charge in [0.2, 0.25) is 0 Å². The van der Waals surface area contributed by atoms with E-state index >= 15 is 0 Å². The maximum Gasteiger partial charge on any atom is 0.323 e. The number of carbonyl (C=O) groups excluding carboxylic acids is 1. The molecule has 2 aromatic carbocycles. The van der Waals surface area contributed by atoms with Crippen LogP contribution in [0.4, 0.5) is 13.2 Å². The van der Waals surface area contributed by atoms with E-state index in [1.54, 1.807) is 42.7 Å². The van der Waals surface area contributed by atoms with Crippen molar-refractivity contribution in [2.75, 3.05) is 6.61 Å². The highest BCUT2D eigenvalue weighted by Gasteiger charge is 2.20. The van der Waals surface area contributed by atoms with Crippen molar-refractivity contribution in [3.63, 3.8) is 0 Å². The van der Waals surface area contributed by atoms with Crippen LogP contribution in [0.2, 0.25) is 0 Å². The van der Waals surface area contributed by atoms with Gasteiger partial charge in [0, 0.05) is 24.7 Å². The Balaban J connectivity index is 1.37. The normalized spacial score (nSPS) is 11.9. The summed E-state index contributed by atoms with van der Waals surface area (Å²) >= 11 is 0. The zero-order valence-corrected chi connectivity index (χ0v) is 20.1. The largest absolute Gasteiger partial charge is 0.491 e. The number of amides is 1. The fraction of sp³-hybridized carbons (Fsp3) is 0.111.